The van der Waals surface area contributed by atoms with Crippen LogP contribution in [0.15, 0.2) is 62.6 Å². The summed E-state index contributed by atoms with van der Waals surface area (Å²) in [5, 5.41) is 18.5. The fourth-order valence-electron chi connectivity index (χ4n) is 5.30. The van der Waals surface area contributed by atoms with Crippen LogP contribution in [0.25, 0.3) is 5.78 Å². The zero-order valence-electron chi connectivity index (χ0n) is 23.7. The summed E-state index contributed by atoms with van der Waals surface area (Å²) < 4.78 is 6.26. The summed E-state index contributed by atoms with van der Waals surface area (Å²) >= 11 is 5.18. The fraction of sp³-hybridized carbons (Fsp3) is 0.200. The molecule has 1 aliphatic rings. The van der Waals surface area contributed by atoms with Gasteiger partial charge in [-0.3, -0.25) is 19.2 Å². The molecule has 15 heteroatoms. The highest BCUT2D eigenvalue weighted by molar-refractivity contribution is 7.71. The number of carboxylic acid groups (broad SMARTS) is 1. The number of rotatable bonds is 8. The zero-order valence-corrected chi connectivity index (χ0v) is 24.5. The molecular formula is C30H25N7O7S. The van der Waals surface area contributed by atoms with Gasteiger partial charge >= 0.3 is 10.8 Å². The van der Waals surface area contributed by atoms with Crippen LogP contribution in [0, 0.1) is 4.84 Å². The third kappa shape index (κ3) is 5.44. The summed E-state index contributed by atoms with van der Waals surface area (Å²) in [7, 11) is 0. The van der Waals surface area contributed by atoms with Crippen molar-refractivity contribution in [3.63, 3.8) is 0 Å². The third-order valence-electron chi connectivity index (χ3n) is 7.77. The van der Waals surface area contributed by atoms with Gasteiger partial charge in [-0.2, -0.15) is 0 Å². The number of carbonyl (C=O) groups is 3. The van der Waals surface area contributed by atoms with Gasteiger partial charge in [-0.1, -0.05) is 30.3 Å². The second kappa shape index (κ2) is 11.4. The molecule has 3 heterocycles. The predicted octanol–water partition coefficient (Wildman–Crippen LogP) is 1.91. The Labute approximate surface area is 258 Å². The molecule has 1 atom stereocenters. The van der Waals surface area contributed by atoms with E-state index in [1.165, 1.54) is 22.6 Å². The molecule has 0 saturated heterocycles. The van der Waals surface area contributed by atoms with Crippen molar-refractivity contribution in [2.45, 2.75) is 32.5 Å². The summed E-state index contributed by atoms with van der Waals surface area (Å²) in [5.41, 5.74) is 8.24. The monoisotopic (exact) mass is 627 g/mol. The Kier molecular flexibility index (Phi) is 7.46. The van der Waals surface area contributed by atoms with E-state index in [2.05, 4.69) is 20.8 Å². The highest BCUT2D eigenvalue weighted by Crippen LogP contribution is 2.26. The van der Waals surface area contributed by atoms with Crippen molar-refractivity contribution in [2.24, 2.45) is 0 Å². The number of benzene rings is 2. The Hall–Kier alpha value is -5.70. The maximum absolute atomic E-state index is 13.4. The van der Waals surface area contributed by atoms with Gasteiger partial charge in [-0.25, -0.2) is 14.2 Å². The van der Waals surface area contributed by atoms with Crippen LogP contribution in [0.1, 0.15) is 66.6 Å². The van der Waals surface area contributed by atoms with Crippen molar-refractivity contribution in [1.82, 2.24) is 25.2 Å². The zero-order chi connectivity index (χ0) is 32.0. The van der Waals surface area contributed by atoms with Gasteiger partial charge in [-0.15, -0.1) is 0 Å². The minimum Gasteiger partial charge on any atom is -0.478 e. The van der Waals surface area contributed by atoms with Crippen molar-refractivity contribution >= 4 is 47.2 Å². The fourth-order valence-corrected chi connectivity index (χ4v) is 5.52. The topological polar surface area (TPSA) is 202 Å². The molecule has 2 aromatic heterocycles. The molecule has 45 heavy (non-hydrogen) atoms. The normalized spacial score (nSPS) is 13.4. The maximum Gasteiger partial charge on any atom is 0.335 e. The van der Waals surface area contributed by atoms with E-state index in [0.29, 0.717) is 25.1 Å². The second-order valence-corrected chi connectivity index (χ2v) is 11.0. The molecule has 228 valence electrons. The number of amides is 2. The Morgan fingerprint density at radius 3 is 2.53 bits per heavy atom. The van der Waals surface area contributed by atoms with E-state index in [-0.39, 0.29) is 45.5 Å². The first-order valence-electron chi connectivity index (χ1n) is 13.8. The van der Waals surface area contributed by atoms with Crippen molar-refractivity contribution in [3.8, 4) is 0 Å². The molecule has 3 aromatic carbocycles. The number of hydrogen-bond acceptors (Lipinski definition) is 11. The lowest BCUT2D eigenvalue weighted by Crippen LogP contribution is -2.44. The van der Waals surface area contributed by atoms with Gasteiger partial charge in [0.2, 0.25) is 0 Å². The molecule has 2 amide bonds. The number of nitrogen functional groups attached to an aromatic ring is 1. The van der Waals surface area contributed by atoms with Crippen LogP contribution in [0.3, 0.4) is 0 Å². The maximum atomic E-state index is 13.4. The van der Waals surface area contributed by atoms with Gasteiger partial charge in [-0.05, 0) is 71.2 Å². The quantitative estimate of drug-likeness (QED) is 0.144. The number of nitrogens with one attached hydrogen (secondary N) is 2. The van der Waals surface area contributed by atoms with E-state index in [9.17, 15) is 24.0 Å². The molecule has 0 fully saturated rings. The molecule has 0 bridgehead atoms. The first kappa shape index (κ1) is 29.4. The van der Waals surface area contributed by atoms with Crippen LogP contribution in [-0.4, -0.2) is 44.0 Å². The van der Waals surface area contributed by atoms with Crippen molar-refractivity contribution in [2.75, 3.05) is 17.2 Å². The number of hydrogen-bond donors (Lipinski definition) is 4. The van der Waals surface area contributed by atoms with Crippen LogP contribution in [0.4, 0.5) is 11.4 Å². The van der Waals surface area contributed by atoms with E-state index < -0.39 is 34.7 Å². The summed E-state index contributed by atoms with van der Waals surface area (Å²) in [6.45, 7) is 2.82. The van der Waals surface area contributed by atoms with Crippen molar-refractivity contribution in [1.29, 1.82) is 0 Å². The highest BCUT2D eigenvalue weighted by atomic mass is 32.1. The largest absolute Gasteiger partial charge is 0.478 e. The summed E-state index contributed by atoms with van der Waals surface area (Å²) in [4.78, 5) is 67.2. The molecule has 0 radical (unpaired) electrons. The number of aromatic carboxylic acids is 1. The average molecular weight is 628 g/mol. The van der Waals surface area contributed by atoms with E-state index in [4.69, 9.17) is 27.6 Å². The van der Waals surface area contributed by atoms with E-state index >= 15 is 0 Å². The van der Waals surface area contributed by atoms with E-state index in [1.807, 2.05) is 18.2 Å². The van der Waals surface area contributed by atoms with Gasteiger partial charge in [0, 0.05) is 19.6 Å². The van der Waals surface area contributed by atoms with Crippen molar-refractivity contribution in [3.05, 3.63) is 113 Å². The average Bonchev–Trinajstić information content (AvgIpc) is 3.43. The van der Waals surface area contributed by atoms with Crippen LogP contribution >= 0.6 is 12.2 Å². The lowest BCUT2D eigenvalue weighted by Gasteiger charge is -2.32. The molecule has 14 nitrogen and oxygen atoms in total. The van der Waals surface area contributed by atoms with E-state index in [1.54, 1.807) is 24.0 Å². The summed E-state index contributed by atoms with van der Waals surface area (Å²) in [5.74, 6) is -2.31. The first-order valence-corrected chi connectivity index (χ1v) is 14.2. The molecule has 5 N–H and O–H groups in total. The third-order valence-corrected chi connectivity index (χ3v) is 8.02. The molecule has 0 saturated carbocycles. The number of nitrogens with two attached hydrogens (primary N) is 1. The van der Waals surface area contributed by atoms with Gasteiger partial charge in [0.15, 0.2) is 0 Å². The lowest BCUT2D eigenvalue weighted by atomic mass is 9.96. The van der Waals surface area contributed by atoms with Crippen LogP contribution < -0.4 is 32.1 Å². The lowest BCUT2D eigenvalue weighted by molar-refractivity contribution is 0.0696. The van der Waals surface area contributed by atoms with Crippen molar-refractivity contribution < 1.29 is 24.0 Å². The molecule has 0 spiro atoms. The SMILES string of the molecule is C[C@H](NC(=O)c1cc(C(=O)NCc2ccc3c(c2)CN(c2c(N)c(=O)c2=O)CC3)nc2noc(=S)n12)c1ccc(C(=O)O)cc1. The number of nitrogens with zero attached hydrogens (tertiary/aromatic N) is 4. The molecule has 1 aliphatic heterocycles. The number of carboxylic acids is 1. The molecule has 6 rings (SSSR count). The van der Waals surface area contributed by atoms with Gasteiger partial charge in [0.25, 0.3) is 28.4 Å². The molecule has 0 unspecified atom stereocenters. The summed E-state index contributed by atoms with van der Waals surface area (Å²) in [6.07, 6.45) is 0.668. The van der Waals surface area contributed by atoms with Gasteiger partial charge < -0.3 is 30.9 Å². The first-order chi connectivity index (χ1) is 21.5. The Bertz CT molecular complexity index is 2150. The minimum atomic E-state index is -1.06. The van der Waals surface area contributed by atoms with Crippen LogP contribution in [0.2, 0.25) is 0 Å². The number of carbonyl (C=O) groups excluding carboxylic acids is 2. The van der Waals surface area contributed by atoms with Crippen LogP contribution in [-0.2, 0) is 19.5 Å². The van der Waals surface area contributed by atoms with Crippen LogP contribution in [0.5, 0.6) is 0 Å². The number of aromatic nitrogens is 3. The van der Waals surface area contributed by atoms with E-state index in [0.717, 1.165) is 16.7 Å². The molecule has 0 aliphatic carbocycles. The second-order valence-electron chi connectivity index (χ2n) is 10.6. The number of fused-ring (bicyclic) bond motifs is 2. The minimum absolute atomic E-state index is 0.0123. The highest BCUT2D eigenvalue weighted by Gasteiger charge is 2.27. The Morgan fingerprint density at radius 2 is 1.82 bits per heavy atom. The van der Waals surface area contributed by atoms with Gasteiger partial charge in [0.1, 0.15) is 22.8 Å². The summed E-state index contributed by atoms with van der Waals surface area (Å²) in [6, 6.07) is 12.6. The standard InChI is InChI=1S/C30H25N7O7S/c1-14(16-4-6-18(7-5-16)28(42)43)33-27(41)21-11-20(34-29-35-44-30(45)37(21)29)26(40)32-12-15-2-3-17-8-9-36(13-19(17)10-15)23-22(31)24(38)25(23)39/h2-7,10-11,14H,8-9,12-13,31H2,1H3,(H,32,40)(H,33,41)(H,42,43)/t14-/m0/s1. The Morgan fingerprint density at radius 1 is 1.07 bits per heavy atom. The smallest absolute Gasteiger partial charge is 0.335 e. The molecule has 5 aromatic rings. The molecular weight excluding hydrogens is 602 g/mol. The number of anilines is 2. The predicted molar refractivity (Wildman–Crippen MR) is 164 cm³/mol. The Balaban J connectivity index is 1.18. The van der Waals surface area contributed by atoms with Gasteiger partial charge in [0.05, 0.1) is 11.6 Å².